The van der Waals surface area contributed by atoms with Crippen molar-refractivity contribution in [1.29, 1.82) is 0 Å². The lowest BCUT2D eigenvalue weighted by Gasteiger charge is -2.22. The van der Waals surface area contributed by atoms with Crippen LogP contribution in [0.25, 0.3) is 11.3 Å². The van der Waals surface area contributed by atoms with Crippen LogP contribution in [0, 0.1) is 0 Å². The molecule has 0 aliphatic carbocycles. The summed E-state index contributed by atoms with van der Waals surface area (Å²) in [6.45, 7) is 2.44. The Morgan fingerprint density at radius 3 is 2.58 bits per heavy atom. The van der Waals surface area contributed by atoms with Crippen LogP contribution in [0.3, 0.4) is 0 Å². The van der Waals surface area contributed by atoms with Crippen molar-refractivity contribution in [2.45, 2.75) is 32.2 Å². The van der Waals surface area contributed by atoms with Gasteiger partial charge in [-0.05, 0) is 37.2 Å². The zero-order chi connectivity index (χ0) is 21.5. The Bertz CT molecular complexity index is 1000. The van der Waals surface area contributed by atoms with Gasteiger partial charge in [-0.2, -0.15) is 9.97 Å². The number of nitrogens with zero attached hydrogens (tertiary/aromatic N) is 3. The number of hydrogen-bond acceptors (Lipinski definition) is 6. The van der Waals surface area contributed by atoms with Gasteiger partial charge in [0.05, 0.1) is 13.7 Å². The topological polar surface area (TPSA) is 75.5 Å². The van der Waals surface area contributed by atoms with Crippen molar-refractivity contribution in [2.75, 3.05) is 30.4 Å². The first kappa shape index (κ1) is 21.1. The Balaban J connectivity index is 1.38. The molecule has 1 aromatic carbocycles. The molecule has 1 aliphatic rings. The lowest BCUT2D eigenvalue weighted by atomic mass is 10.2. The van der Waals surface area contributed by atoms with Crippen LogP contribution in [-0.4, -0.2) is 35.3 Å². The fraction of sp³-hybridized carbons (Fsp3) is 0.348. The molecule has 1 aliphatic heterocycles. The lowest BCUT2D eigenvalue weighted by Crippen LogP contribution is -2.29. The molecule has 7 nitrogen and oxygen atoms in total. The van der Waals surface area contributed by atoms with Crippen LogP contribution in [0.1, 0.15) is 31.4 Å². The average molecular weight is 438 g/mol. The highest BCUT2D eigenvalue weighted by molar-refractivity contribution is 7.80. The molecule has 0 spiro atoms. The van der Waals surface area contributed by atoms with Crippen molar-refractivity contribution < 1.29 is 9.15 Å². The molecule has 1 saturated heterocycles. The summed E-state index contributed by atoms with van der Waals surface area (Å²) in [7, 11) is 1.61. The number of anilines is 2. The van der Waals surface area contributed by atoms with Crippen LogP contribution in [0.4, 0.5) is 11.8 Å². The van der Waals surface area contributed by atoms with E-state index in [1.165, 1.54) is 25.7 Å². The number of methoxy groups -OCH3 is 1. The van der Waals surface area contributed by atoms with Gasteiger partial charge >= 0.3 is 0 Å². The fourth-order valence-corrected chi connectivity index (χ4v) is 3.74. The largest absolute Gasteiger partial charge is 0.481 e. The predicted octanol–water partition coefficient (Wildman–Crippen LogP) is 4.61. The standard InChI is InChI=1S/C23H27N5O2S/c1-29-21-15-20(28-13-7-2-3-8-14-28)25-22(26-21)27-23(31)24-16-18-11-12-19(30-18)17-9-5-4-6-10-17/h4-6,9-12,15H,2-3,7-8,13-14,16H2,1H3,(H2,24,25,26,27,31). The summed E-state index contributed by atoms with van der Waals surface area (Å²) in [4.78, 5) is 11.3. The molecule has 0 atom stereocenters. The Kier molecular flexibility index (Phi) is 6.99. The molecule has 2 N–H and O–H groups in total. The molecular formula is C23H27N5O2S. The van der Waals surface area contributed by atoms with E-state index in [0.29, 0.717) is 23.5 Å². The SMILES string of the molecule is COc1cc(N2CCCCCC2)nc(NC(=S)NCc2ccc(-c3ccccc3)o2)n1. The summed E-state index contributed by atoms with van der Waals surface area (Å²) in [5.41, 5.74) is 1.04. The van der Waals surface area contributed by atoms with Crippen LogP contribution in [-0.2, 0) is 6.54 Å². The second-order valence-corrected chi connectivity index (χ2v) is 7.84. The Morgan fingerprint density at radius 2 is 1.84 bits per heavy atom. The fourth-order valence-electron chi connectivity index (χ4n) is 3.58. The molecule has 4 rings (SSSR count). The smallest absolute Gasteiger partial charge is 0.234 e. The number of aromatic nitrogens is 2. The molecule has 2 aromatic heterocycles. The molecule has 1 fully saturated rings. The van der Waals surface area contributed by atoms with Crippen molar-refractivity contribution in [3.05, 3.63) is 54.3 Å². The summed E-state index contributed by atoms with van der Waals surface area (Å²) in [5, 5.41) is 6.64. The van der Waals surface area contributed by atoms with E-state index in [-0.39, 0.29) is 0 Å². The van der Waals surface area contributed by atoms with Crippen LogP contribution in [0.15, 0.2) is 52.9 Å². The third kappa shape index (κ3) is 5.73. The number of benzene rings is 1. The highest BCUT2D eigenvalue weighted by Gasteiger charge is 2.15. The van der Waals surface area contributed by atoms with E-state index in [9.17, 15) is 0 Å². The Hall–Kier alpha value is -3.13. The van der Waals surface area contributed by atoms with Crippen molar-refractivity contribution >= 4 is 29.1 Å². The van der Waals surface area contributed by atoms with Crippen LogP contribution >= 0.6 is 12.2 Å². The second-order valence-electron chi connectivity index (χ2n) is 7.43. The number of hydrogen-bond donors (Lipinski definition) is 2. The summed E-state index contributed by atoms with van der Waals surface area (Å²) >= 11 is 5.44. The minimum atomic E-state index is 0.417. The third-order valence-corrected chi connectivity index (χ3v) is 5.44. The van der Waals surface area contributed by atoms with Gasteiger partial charge in [0.1, 0.15) is 17.3 Å². The van der Waals surface area contributed by atoms with Crippen molar-refractivity contribution in [3.63, 3.8) is 0 Å². The maximum Gasteiger partial charge on any atom is 0.234 e. The normalized spacial score (nSPS) is 14.0. The molecule has 0 unspecified atom stereocenters. The second kappa shape index (κ2) is 10.3. The molecule has 0 amide bonds. The van der Waals surface area contributed by atoms with Gasteiger partial charge in [0.15, 0.2) is 5.11 Å². The average Bonchev–Trinajstić information content (AvgIpc) is 3.11. The minimum absolute atomic E-state index is 0.417. The first-order valence-electron chi connectivity index (χ1n) is 10.6. The molecule has 162 valence electrons. The number of rotatable bonds is 6. The van der Waals surface area contributed by atoms with Gasteiger partial charge in [-0.3, -0.25) is 0 Å². The highest BCUT2D eigenvalue weighted by Crippen LogP contribution is 2.23. The first-order chi connectivity index (χ1) is 15.2. The van der Waals surface area contributed by atoms with Gasteiger partial charge < -0.3 is 24.7 Å². The van der Waals surface area contributed by atoms with E-state index >= 15 is 0 Å². The van der Waals surface area contributed by atoms with Crippen molar-refractivity contribution in [1.82, 2.24) is 15.3 Å². The van der Waals surface area contributed by atoms with Crippen LogP contribution in [0.5, 0.6) is 5.88 Å². The van der Waals surface area contributed by atoms with Crippen LogP contribution < -0.4 is 20.3 Å². The Labute approximate surface area is 187 Å². The van der Waals surface area contributed by atoms with Crippen molar-refractivity contribution in [3.8, 4) is 17.2 Å². The lowest BCUT2D eigenvalue weighted by molar-refractivity contribution is 0.397. The van der Waals surface area contributed by atoms with E-state index in [4.69, 9.17) is 21.4 Å². The van der Waals surface area contributed by atoms with E-state index < -0.39 is 0 Å². The Morgan fingerprint density at radius 1 is 1.06 bits per heavy atom. The van der Waals surface area contributed by atoms with Crippen LogP contribution in [0.2, 0.25) is 0 Å². The highest BCUT2D eigenvalue weighted by atomic mass is 32.1. The maximum atomic E-state index is 5.91. The molecular weight excluding hydrogens is 410 g/mol. The van der Waals surface area contributed by atoms with E-state index in [1.54, 1.807) is 7.11 Å². The summed E-state index contributed by atoms with van der Waals surface area (Å²) in [6, 6.07) is 15.8. The number of ether oxygens (including phenoxy) is 1. The number of nitrogens with one attached hydrogen (secondary N) is 2. The first-order valence-corrected chi connectivity index (χ1v) is 11.0. The predicted molar refractivity (Wildman–Crippen MR) is 126 cm³/mol. The molecule has 31 heavy (non-hydrogen) atoms. The molecule has 8 heteroatoms. The molecule has 0 radical (unpaired) electrons. The van der Waals surface area contributed by atoms with Gasteiger partial charge in [-0.15, -0.1) is 0 Å². The monoisotopic (exact) mass is 437 g/mol. The van der Waals surface area contributed by atoms with Gasteiger partial charge in [0.2, 0.25) is 11.8 Å². The summed E-state index contributed by atoms with van der Waals surface area (Å²) in [5.74, 6) is 3.41. The summed E-state index contributed by atoms with van der Waals surface area (Å²) < 4.78 is 11.3. The van der Waals surface area contributed by atoms with Gasteiger partial charge in [0, 0.05) is 24.7 Å². The minimum Gasteiger partial charge on any atom is -0.481 e. The van der Waals surface area contributed by atoms with E-state index in [1.807, 2.05) is 48.5 Å². The number of furan rings is 1. The van der Waals surface area contributed by atoms with E-state index in [0.717, 1.165) is 36.0 Å². The van der Waals surface area contributed by atoms with Gasteiger partial charge in [-0.1, -0.05) is 43.2 Å². The maximum absolute atomic E-state index is 5.91. The van der Waals surface area contributed by atoms with E-state index in [2.05, 4.69) is 25.5 Å². The van der Waals surface area contributed by atoms with Gasteiger partial charge in [0.25, 0.3) is 0 Å². The summed E-state index contributed by atoms with van der Waals surface area (Å²) in [6.07, 6.45) is 4.86. The molecule has 3 heterocycles. The molecule has 0 bridgehead atoms. The third-order valence-electron chi connectivity index (χ3n) is 5.20. The molecule has 3 aromatic rings. The van der Waals surface area contributed by atoms with Crippen molar-refractivity contribution in [2.24, 2.45) is 0 Å². The zero-order valence-corrected chi connectivity index (χ0v) is 18.5. The quantitative estimate of drug-likeness (QED) is 0.542. The van der Waals surface area contributed by atoms with Gasteiger partial charge in [-0.25, -0.2) is 0 Å². The zero-order valence-electron chi connectivity index (χ0n) is 17.6. The number of thiocarbonyl (C=S) groups is 1. The molecule has 0 saturated carbocycles.